The van der Waals surface area contributed by atoms with Gasteiger partial charge in [0.1, 0.15) is 11.3 Å². The lowest BCUT2D eigenvalue weighted by Crippen LogP contribution is -2.53. The van der Waals surface area contributed by atoms with E-state index >= 15 is 0 Å². The van der Waals surface area contributed by atoms with Crippen molar-refractivity contribution in [1.29, 1.82) is 0 Å². The van der Waals surface area contributed by atoms with Crippen LogP contribution in [0.4, 0.5) is 8.78 Å². The Hall–Kier alpha value is -3.47. The zero-order valence-electron chi connectivity index (χ0n) is 17.8. The van der Waals surface area contributed by atoms with E-state index in [1.54, 1.807) is 42.5 Å². The minimum absolute atomic E-state index is 0.00212. The first-order valence-electron chi connectivity index (χ1n) is 10.2. The number of nitrogens with one attached hydrogen (secondary N) is 1. The number of halogens is 2. The van der Waals surface area contributed by atoms with E-state index in [1.807, 2.05) is 0 Å². The third-order valence-electron chi connectivity index (χ3n) is 4.87. The third kappa shape index (κ3) is 6.76. The summed E-state index contributed by atoms with van der Waals surface area (Å²) < 4.78 is 41.2. The molecule has 33 heavy (non-hydrogen) atoms. The van der Waals surface area contributed by atoms with E-state index in [2.05, 4.69) is 5.32 Å². The molecule has 0 aromatic heterocycles. The molecule has 1 aliphatic heterocycles. The first-order valence-corrected chi connectivity index (χ1v) is 10.2. The molecule has 3 rings (SSSR count). The van der Waals surface area contributed by atoms with E-state index in [1.165, 1.54) is 6.07 Å². The zero-order chi connectivity index (χ0) is 24.0. The van der Waals surface area contributed by atoms with Gasteiger partial charge in [0.05, 0.1) is 11.5 Å². The summed E-state index contributed by atoms with van der Waals surface area (Å²) in [6, 6.07) is 12.8. The quantitative estimate of drug-likeness (QED) is 0.353. The van der Waals surface area contributed by atoms with Crippen LogP contribution in [0.2, 0.25) is 0 Å². The molecule has 2 aromatic rings. The number of carbonyl (C=O) groups is 3. The van der Waals surface area contributed by atoms with Gasteiger partial charge < -0.3 is 24.5 Å². The number of esters is 2. The van der Waals surface area contributed by atoms with Crippen LogP contribution in [0.5, 0.6) is 5.75 Å². The predicted octanol–water partition coefficient (Wildman–Crippen LogP) is 2.53. The van der Waals surface area contributed by atoms with Crippen LogP contribution < -0.4 is 9.97 Å². The van der Waals surface area contributed by atoms with Crippen LogP contribution in [0, 0.1) is 0 Å². The highest BCUT2D eigenvalue weighted by atomic mass is 19.3. The second-order valence-corrected chi connectivity index (χ2v) is 7.60. The number of carbonyl (C=O) groups excluding carboxylic acids is 3. The zero-order valence-corrected chi connectivity index (χ0v) is 17.8. The Bertz CT molecular complexity index is 1010. The Balaban J connectivity index is 1.58. The fourth-order valence-electron chi connectivity index (χ4n) is 3.19. The third-order valence-corrected chi connectivity index (χ3v) is 4.87. The summed E-state index contributed by atoms with van der Waals surface area (Å²) in [5.74, 6) is -5.94. The highest BCUT2D eigenvalue weighted by Crippen LogP contribution is 2.31. The van der Waals surface area contributed by atoms with Crippen LogP contribution in [0.25, 0.3) is 0 Å². The van der Waals surface area contributed by atoms with Gasteiger partial charge >= 0.3 is 19.1 Å². The molecule has 11 heteroatoms. The van der Waals surface area contributed by atoms with Crippen molar-refractivity contribution in [2.75, 3.05) is 6.79 Å². The molecular weight excluding hydrogens is 439 g/mol. The largest absolute Gasteiger partial charge is 0.547 e. The molecule has 1 atom stereocenters. The molecule has 0 spiro atoms. The Labute approximate surface area is 189 Å². The second kappa shape index (κ2) is 10.4. The predicted molar refractivity (Wildman–Crippen MR) is 113 cm³/mol. The Morgan fingerprint density at radius 2 is 1.82 bits per heavy atom. The molecule has 0 saturated heterocycles. The van der Waals surface area contributed by atoms with Crippen LogP contribution in [0.3, 0.4) is 0 Å². The van der Waals surface area contributed by atoms with E-state index in [0.29, 0.717) is 11.1 Å². The number of hydrogen-bond donors (Lipinski definition) is 2. The van der Waals surface area contributed by atoms with E-state index < -0.39 is 56.5 Å². The second-order valence-electron chi connectivity index (χ2n) is 7.60. The van der Waals surface area contributed by atoms with E-state index in [0.717, 1.165) is 6.92 Å². The van der Waals surface area contributed by atoms with E-state index in [9.17, 15) is 28.2 Å². The number of amides is 1. The smallest absolute Gasteiger partial charge is 0.534 e. The van der Waals surface area contributed by atoms with E-state index in [4.69, 9.17) is 14.1 Å². The molecule has 0 radical (unpaired) electrons. The number of alkyl halides is 2. The lowest BCUT2D eigenvalue weighted by atomic mass is 9.72. The van der Waals surface area contributed by atoms with Gasteiger partial charge in [0.2, 0.25) is 18.6 Å². The molecular formula is C22H22BF2NO7. The molecule has 0 unspecified atom stereocenters. The minimum atomic E-state index is -2.98. The average Bonchev–Trinajstić information content (AvgIpc) is 2.78. The summed E-state index contributed by atoms with van der Waals surface area (Å²) in [6.45, 7) is 0.0951. The van der Waals surface area contributed by atoms with Crippen molar-refractivity contribution in [2.24, 2.45) is 0 Å². The SMILES string of the molecule is CC(F)(F)CCC(=O)N[C@H]1Cc2cccc(C(=O)OCOC(=O)c3ccccc3)c2OB1O. The Kier molecular flexibility index (Phi) is 7.65. The van der Waals surface area contributed by atoms with Crippen molar-refractivity contribution in [3.8, 4) is 5.75 Å². The molecule has 2 N–H and O–H groups in total. The normalized spacial score (nSPS) is 15.2. The summed E-state index contributed by atoms with van der Waals surface area (Å²) >= 11 is 0. The van der Waals surface area contributed by atoms with Gasteiger partial charge in [-0.25, -0.2) is 18.4 Å². The van der Waals surface area contributed by atoms with Crippen LogP contribution in [-0.4, -0.2) is 48.6 Å². The number of para-hydroxylation sites is 1. The molecule has 8 nitrogen and oxygen atoms in total. The minimum Gasteiger partial charge on any atom is -0.534 e. The molecule has 0 saturated carbocycles. The maximum Gasteiger partial charge on any atom is 0.547 e. The van der Waals surface area contributed by atoms with Crippen LogP contribution in [-0.2, 0) is 20.7 Å². The van der Waals surface area contributed by atoms with Crippen molar-refractivity contribution in [3.63, 3.8) is 0 Å². The summed E-state index contributed by atoms with van der Waals surface area (Å²) in [5.41, 5.74) is 0.799. The van der Waals surface area contributed by atoms with Crippen molar-refractivity contribution in [3.05, 3.63) is 65.2 Å². The molecule has 0 aliphatic carbocycles. The van der Waals surface area contributed by atoms with Gasteiger partial charge in [-0.05, 0) is 37.1 Å². The molecule has 174 valence electrons. The lowest BCUT2D eigenvalue weighted by molar-refractivity contribution is -0.123. The maximum atomic E-state index is 12.9. The molecule has 1 heterocycles. The maximum absolute atomic E-state index is 12.9. The molecule has 0 fully saturated rings. The number of benzene rings is 2. The van der Waals surface area contributed by atoms with Gasteiger partial charge in [-0.1, -0.05) is 30.3 Å². The van der Waals surface area contributed by atoms with Gasteiger partial charge in [0.25, 0.3) is 0 Å². The highest BCUT2D eigenvalue weighted by Gasteiger charge is 2.38. The first kappa shape index (κ1) is 24.2. The summed E-state index contributed by atoms with van der Waals surface area (Å²) in [4.78, 5) is 36.3. The number of ether oxygens (including phenoxy) is 2. The summed E-state index contributed by atoms with van der Waals surface area (Å²) in [6.07, 6.45) is -0.924. The first-order chi connectivity index (χ1) is 15.6. The number of hydrogen-bond acceptors (Lipinski definition) is 7. The summed E-state index contributed by atoms with van der Waals surface area (Å²) in [7, 11) is -1.51. The van der Waals surface area contributed by atoms with Crippen molar-refractivity contribution >= 4 is 25.0 Å². The van der Waals surface area contributed by atoms with Gasteiger partial charge in [-0.15, -0.1) is 0 Å². The van der Waals surface area contributed by atoms with Crippen LogP contribution in [0.15, 0.2) is 48.5 Å². The summed E-state index contributed by atoms with van der Waals surface area (Å²) in [5, 5.41) is 12.7. The molecule has 2 aromatic carbocycles. The standard InChI is InChI=1S/C22H22BF2NO7/c1-22(24,25)11-10-18(27)26-17-12-15-8-5-9-16(19(15)33-23(17)30)21(29)32-13-31-20(28)14-6-3-2-4-7-14/h2-9,17,30H,10-13H2,1H3,(H,26,27)/t17-/m0/s1. The average molecular weight is 461 g/mol. The molecule has 1 aliphatic rings. The number of rotatable bonds is 8. The fourth-order valence-corrected chi connectivity index (χ4v) is 3.19. The van der Waals surface area contributed by atoms with Gasteiger partial charge in [-0.2, -0.15) is 0 Å². The van der Waals surface area contributed by atoms with Crippen LogP contribution >= 0.6 is 0 Å². The van der Waals surface area contributed by atoms with Gasteiger partial charge in [-0.3, -0.25) is 4.79 Å². The van der Waals surface area contributed by atoms with Crippen molar-refractivity contribution < 1.29 is 42.3 Å². The van der Waals surface area contributed by atoms with Crippen LogP contribution in [0.1, 0.15) is 46.0 Å². The Morgan fingerprint density at radius 3 is 2.52 bits per heavy atom. The fraction of sp³-hybridized carbons (Fsp3) is 0.318. The monoisotopic (exact) mass is 461 g/mol. The highest BCUT2D eigenvalue weighted by molar-refractivity contribution is 6.47. The molecule has 0 bridgehead atoms. The lowest BCUT2D eigenvalue weighted by Gasteiger charge is -2.29. The van der Waals surface area contributed by atoms with E-state index in [-0.39, 0.29) is 17.7 Å². The Morgan fingerprint density at radius 1 is 1.12 bits per heavy atom. The topological polar surface area (TPSA) is 111 Å². The van der Waals surface area contributed by atoms with Crippen molar-refractivity contribution in [1.82, 2.24) is 5.32 Å². The van der Waals surface area contributed by atoms with Gasteiger partial charge in [0, 0.05) is 12.8 Å². The number of fused-ring (bicyclic) bond motifs is 1. The van der Waals surface area contributed by atoms with Gasteiger partial charge in [0.15, 0.2) is 0 Å². The molecule has 1 amide bonds. The van der Waals surface area contributed by atoms with Crippen molar-refractivity contribution in [2.45, 2.75) is 38.0 Å².